The van der Waals surface area contributed by atoms with Crippen LogP contribution in [-0.4, -0.2) is 35.6 Å². The largest absolute Gasteiger partial charge is 0.396 e. The van der Waals surface area contributed by atoms with E-state index in [0.29, 0.717) is 12.3 Å². The second kappa shape index (κ2) is 7.23. The zero-order chi connectivity index (χ0) is 14.5. The van der Waals surface area contributed by atoms with Crippen LogP contribution in [0.15, 0.2) is 28.7 Å². The van der Waals surface area contributed by atoms with Crippen molar-refractivity contribution in [3.05, 3.63) is 34.3 Å². The summed E-state index contributed by atoms with van der Waals surface area (Å²) in [6.45, 7) is 3.92. The molecule has 1 aliphatic rings. The molecule has 1 unspecified atom stereocenters. The number of rotatable bonds is 4. The molecule has 1 heterocycles. The molecule has 1 N–H and O–H groups in total. The van der Waals surface area contributed by atoms with Gasteiger partial charge in [-0.05, 0) is 42.4 Å². The van der Waals surface area contributed by atoms with Gasteiger partial charge in [0.1, 0.15) is 0 Å². The summed E-state index contributed by atoms with van der Waals surface area (Å²) in [7, 11) is 0. The topological polar surface area (TPSA) is 40.5 Å². The standard InChI is InChI=1S/C16H22BrNO2/c1-12(14-2-4-15(17)5-3-14)10-16(20)18-8-6-13(11-19)7-9-18/h2-5,12-13,19H,6-11H2,1H3. The Labute approximate surface area is 129 Å². The van der Waals surface area contributed by atoms with Gasteiger partial charge in [-0.25, -0.2) is 0 Å². The predicted octanol–water partition coefficient (Wildman–Crippen LogP) is 3.17. The molecule has 1 aliphatic heterocycles. The average Bonchev–Trinajstić information content (AvgIpc) is 2.48. The molecular weight excluding hydrogens is 318 g/mol. The van der Waals surface area contributed by atoms with Crippen LogP contribution >= 0.6 is 15.9 Å². The molecule has 1 amide bonds. The molecule has 0 spiro atoms. The van der Waals surface area contributed by atoms with Crippen molar-refractivity contribution in [2.45, 2.75) is 32.1 Å². The number of aliphatic hydroxyl groups excluding tert-OH is 1. The van der Waals surface area contributed by atoms with Crippen molar-refractivity contribution in [2.75, 3.05) is 19.7 Å². The minimum absolute atomic E-state index is 0.233. The zero-order valence-electron chi connectivity index (χ0n) is 11.9. The Balaban J connectivity index is 1.86. The van der Waals surface area contributed by atoms with Crippen LogP contribution in [0.4, 0.5) is 0 Å². The Bertz CT molecular complexity index is 438. The summed E-state index contributed by atoms with van der Waals surface area (Å²) in [5.74, 6) is 0.853. The lowest BCUT2D eigenvalue weighted by molar-refractivity contribution is -0.133. The van der Waals surface area contributed by atoms with Crippen molar-refractivity contribution in [1.29, 1.82) is 0 Å². The number of amides is 1. The number of likely N-dealkylation sites (tertiary alicyclic amines) is 1. The molecule has 3 nitrogen and oxygen atoms in total. The first kappa shape index (κ1) is 15.5. The van der Waals surface area contributed by atoms with Gasteiger partial charge in [0.05, 0.1) is 0 Å². The van der Waals surface area contributed by atoms with E-state index in [9.17, 15) is 4.79 Å². The van der Waals surface area contributed by atoms with Gasteiger partial charge in [-0.15, -0.1) is 0 Å². The van der Waals surface area contributed by atoms with Crippen molar-refractivity contribution in [2.24, 2.45) is 5.92 Å². The number of halogens is 1. The number of nitrogens with zero attached hydrogens (tertiary/aromatic N) is 1. The first-order valence-electron chi connectivity index (χ1n) is 7.24. The van der Waals surface area contributed by atoms with Gasteiger partial charge in [-0.3, -0.25) is 4.79 Å². The van der Waals surface area contributed by atoms with Gasteiger partial charge in [0.25, 0.3) is 0 Å². The lowest BCUT2D eigenvalue weighted by Crippen LogP contribution is -2.39. The summed E-state index contributed by atoms with van der Waals surface area (Å²) in [4.78, 5) is 14.2. The SMILES string of the molecule is CC(CC(=O)N1CCC(CO)CC1)c1ccc(Br)cc1. The minimum Gasteiger partial charge on any atom is -0.396 e. The third-order valence-electron chi connectivity index (χ3n) is 4.15. The smallest absolute Gasteiger partial charge is 0.223 e. The highest BCUT2D eigenvalue weighted by molar-refractivity contribution is 9.10. The van der Waals surface area contributed by atoms with E-state index in [1.54, 1.807) is 0 Å². The Morgan fingerprint density at radius 3 is 2.50 bits per heavy atom. The van der Waals surface area contributed by atoms with Crippen LogP contribution < -0.4 is 0 Å². The van der Waals surface area contributed by atoms with Crippen molar-refractivity contribution >= 4 is 21.8 Å². The fourth-order valence-electron chi connectivity index (χ4n) is 2.67. The maximum atomic E-state index is 12.3. The van der Waals surface area contributed by atoms with E-state index in [2.05, 4.69) is 35.0 Å². The molecule has 0 radical (unpaired) electrons. The molecule has 2 rings (SSSR count). The number of benzene rings is 1. The summed E-state index contributed by atoms with van der Waals surface area (Å²) >= 11 is 3.42. The van der Waals surface area contributed by atoms with Gasteiger partial charge < -0.3 is 10.0 Å². The number of carbonyl (C=O) groups is 1. The zero-order valence-corrected chi connectivity index (χ0v) is 13.5. The van der Waals surface area contributed by atoms with E-state index < -0.39 is 0 Å². The number of hydrogen-bond donors (Lipinski definition) is 1. The molecule has 20 heavy (non-hydrogen) atoms. The van der Waals surface area contributed by atoms with E-state index in [1.807, 2.05) is 17.0 Å². The molecule has 4 heteroatoms. The predicted molar refractivity (Wildman–Crippen MR) is 83.6 cm³/mol. The normalized spacial score (nSPS) is 18.1. The summed E-state index contributed by atoms with van der Waals surface area (Å²) in [6, 6.07) is 8.17. The Morgan fingerprint density at radius 2 is 1.95 bits per heavy atom. The Kier molecular flexibility index (Phi) is 5.61. The molecule has 0 bridgehead atoms. The van der Waals surface area contributed by atoms with Crippen molar-refractivity contribution < 1.29 is 9.90 Å². The molecule has 0 aromatic heterocycles. The second-order valence-corrected chi connectivity index (χ2v) is 6.58. The van der Waals surface area contributed by atoms with Gasteiger partial charge in [0, 0.05) is 30.6 Å². The van der Waals surface area contributed by atoms with Crippen LogP contribution in [0.2, 0.25) is 0 Å². The van der Waals surface area contributed by atoms with Crippen LogP contribution in [0.5, 0.6) is 0 Å². The van der Waals surface area contributed by atoms with Crippen molar-refractivity contribution in [1.82, 2.24) is 4.90 Å². The maximum Gasteiger partial charge on any atom is 0.223 e. The molecule has 0 aliphatic carbocycles. The van der Waals surface area contributed by atoms with Crippen molar-refractivity contribution in [3.63, 3.8) is 0 Å². The van der Waals surface area contributed by atoms with Crippen LogP contribution in [-0.2, 0) is 4.79 Å². The lowest BCUT2D eigenvalue weighted by Gasteiger charge is -2.32. The van der Waals surface area contributed by atoms with Crippen LogP contribution in [0.1, 0.15) is 37.7 Å². The second-order valence-electron chi connectivity index (χ2n) is 5.66. The van der Waals surface area contributed by atoms with E-state index in [-0.39, 0.29) is 18.4 Å². The van der Waals surface area contributed by atoms with Gasteiger partial charge in [0.15, 0.2) is 0 Å². The summed E-state index contributed by atoms with van der Waals surface area (Å²) < 4.78 is 1.06. The summed E-state index contributed by atoms with van der Waals surface area (Å²) in [5, 5.41) is 9.13. The summed E-state index contributed by atoms with van der Waals surface area (Å²) in [5.41, 5.74) is 1.20. The van der Waals surface area contributed by atoms with Crippen LogP contribution in [0.3, 0.4) is 0 Å². The fraction of sp³-hybridized carbons (Fsp3) is 0.562. The van der Waals surface area contributed by atoms with E-state index in [4.69, 9.17) is 5.11 Å². The summed E-state index contributed by atoms with van der Waals surface area (Å²) in [6.07, 6.45) is 2.41. The molecule has 1 atom stereocenters. The highest BCUT2D eigenvalue weighted by atomic mass is 79.9. The first-order valence-corrected chi connectivity index (χ1v) is 8.03. The highest BCUT2D eigenvalue weighted by Crippen LogP contribution is 2.24. The third-order valence-corrected chi connectivity index (χ3v) is 4.67. The van der Waals surface area contributed by atoms with Crippen LogP contribution in [0.25, 0.3) is 0 Å². The quantitative estimate of drug-likeness (QED) is 0.915. The lowest BCUT2D eigenvalue weighted by atomic mass is 9.95. The Hall–Kier alpha value is -0.870. The van der Waals surface area contributed by atoms with Gasteiger partial charge >= 0.3 is 0 Å². The monoisotopic (exact) mass is 339 g/mol. The number of hydrogen-bond acceptors (Lipinski definition) is 2. The molecule has 1 aromatic rings. The van der Waals surface area contributed by atoms with Gasteiger partial charge in [-0.2, -0.15) is 0 Å². The third kappa shape index (κ3) is 4.06. The first-order chi connectivity index (χ1) is 9.60. The maximum absolute atomic E-state index is 12.3. The average molecular weight is 340 g/mol. The van der Waals surface area contributed by atoms with Gasteiger partial charge in [0.2, 0.25) is 5.91 Å². The molecule has 1 fully saturated rings. The molecule has 0 saturated carbocycles. The highest BCUT2D eigenvalue weighted by Gasteiger charge is 2.23. The molecule has 1 saturated heterocycles. The molecule has 110 valence electrons. The minimum atomic E-state index is 0.233. The molecule has 1 aromatic carbocycles. The number of piperidine rings is 1. The molecular formula is C16H22BrNO2. The van der Waals surface area contributed by atoms with Gasteiger partial charge in [-0.1, -0.05) is 35.0 Å². The van der Waals surface area contributed by atoms with E-state index in [0.717, 1.165) is 30.4 Å². The van der Waals surface area contributed by atoms with E-state index >= 15 is 0 Å². The fourth-order valence-corrected chi connectivity index (χ4v) is 2.93. The van der Waals surface area contributed by atoms with E-state index in [1.165, 1.54) is 5.56 Å². The Morgan fingerprint density at radius 1 is 1.35 bits per heavy atom. The number of aliphatic hydroxyl groups is 1. The number of carbonyl (C=O) groups excluding carboxylic acids is 1. The van der Waals surface area contributed by atoms with Crippen LogP contribution in [0, 0.1) is 5.92 Å². The van der Waals surface area contributed by atoms with Crippen molar-refractivity contribution in [3.8, 4) is 0 Å².